The summed E-state index contributed by atoms with van der Waals surface area (Å²) < 4.78 is 13.6. The average Bonchev–Trinajstić information content (AvgIpc) is 2.84. The monoisotopic (exact) mass is 265 g/mol. The Morgan fingerprint density at radius 1 is 1.39 bits per heavy atom. The summed E-state index contributed by atoms with van der Waals surface area (Å²) in [5.41, 5.74) is 1.49. The summed E-state index contributed by atoms with van der Waals surface area (Å²) in [7, 11) is 0. The predicted octanol–water partition coefficient (Wildman–Crippen LogP) is 3.24. The maximum atomic E-state index is 13.6. The number of thiophene rings is 1. The van der Waals surface area contributed by atoms with Gasteiger partial charge in [-0.05, 0) is 47.0 Å². The molecular formula is C13H12FNO2S. The van der Waals surface area contributed by atoms with Crippen molar-refractivity contribution in [2.24, 2.45) is 0 Å². The van der Waals surface area contributed by atoms with Gasteiger partial charge < -0.3 is 10.4 Å². The second kappa shape index (κ2) is 5.64. The van der Waals surface area contributed by atoms with Crippen molar-refractivity contribution < 1.29 is 14.3 Å². The Labute approximate surface area is 108 Å². The summed E-state index contributed by atoms with van der Waals surface area (Å²) in [6.45, 7) is 0.611. The first-order chi connectivity index (χ1) is 8.66. The maximum absolute atomic E-state index is 13.6. The minimum absolute atomic E-state index is 0.0455. The van der Waals surface area contributed by atoms with Gasteiger partial charge in [-0.1, -0.05) is 0 Å². The molecule has 0 saturated carbocycles. The van der Waals surface area contributed by atoms with E-state index in [1.54, 1.807) is 11.3 Å². The van der Waals surface area contributed by atoms with E-state index >= 15 is 0 Å². The van der Waals surface area contributed by atoms with Crippen molar-refractivity contribution in [3.05, 3.63) is 52.0 Å². The number of carboxylic acid groups (broad SMARTS) is 1. The molecule has 0 radical (unpaired) electrons. The SMILES string of the molecule is O=C(O)c1ccc(NCCc2ccsc2)c(F)c1. The Morgan fingerprint density at radius 3 is 2.83 bits per heavy atom. The van der Waals surface area contributed by atoms with Gasteiger partial charge in [-0.3, -0.25) is 0 Å². The normalized spacial score (nSPS) is 10.3. The number of benzene rings is 1. The van der Waals surface area contributed by atoms with Crippen molar-refractivity contribution >= 4 is 23.0 Å². The first kappa shape index (κ1) is 12.6. The highest BCUT2D eigenvalue weighted by molar-refractivity contribution is 7.07. The fourth-order valence-corrected chi connectivity index (χ4v) is 2.27. The first-order valence-corrected chi connectivity index (χ1v) is 6.39. The molecule has 2 rings (SSSR count). The van der Waals surface area contributed by atoms with Gasteiger partial charge in [-0.15, -0.1) is 0 Å². The van der Waals surface area contributed by atoms with E-state index in [0.29, 0.717) is 12.2 Å². The molecule has 1 heterocycles. The number of carbonyl (C=O) groups is 1. The molecule has 0 unspecified atom stereocenters. The van der Waals surface area contributed by atoms with Gasteiger partial charge in [0.05, 0.1) is 11.3 Å². The second-order valence-corrected chi connectivity index (χ2v) is 4.59. The van der Waals surface area contributed by atoms with E-state index in [4.69, 9.17) is 5.11 Å². The molecule has 0 aliphatic heterocycles. The third-order valence-electron chi connectivity index (χ3n) is 2.53. The van der Waals surface area contributed by atoms with E-state index in [2.05, 4.69) is 5.32 Å². The highest BCUT2D eigenvalue weighted by Crippen LogP contribution is 2.16. The van der Waals surface area contributed by atoms with E-state index in [0.717, 1.165) is 12.5 Å². The number of rotatable bonds is 5. The lowest BCUT2D eigenvalue weighted by atomic mass is 10.2. The lowest BCUT2D eigenvalue weighted by Crippen LogP contribution is -2.07. The Hall–Kier alpha value is -1.88. The van der Waals surface area contributed by atoms with Crippen molar-refractivity contribution in [3.8, 4) is 0 Å². The molecule has 0 aliphatic rings. The number of carboxylic acids is 1. The highest BCUT2D eigenvalue weighted by Gasteiger charge is 2.07. The molecule has 0 fully saturated rings. The van der Waals surface area contributed by atoms with Gasteiger partial charge in [-0.2, -0.15) is 11.3 Å². The highest BCUT2D eigenvalue weighted by atomic mass is 32.1. The zero-order valence-electron chi connectivity index (χ0n) is 9.52. The van der Waals surface area contributed by atoms with Crippen LogP contribution >= 0.6 is 11.3 Å². The van der Waals surface area contributed by atoms with Crippen LogP contribution in [0.5, 0.6) is 0 Å². The number of nitrogens with one attached hydrogen (secondary N) is 1. The molecule has 2 aromatic rings. The van der Waals surface area contributed by atoms with E-state index in [-0.39, 0.29) is 5.56 Å². The smallest absolute Gasteiger partial charge is 0.335 e. The number of anilines is 1. The van der Waals surface area contributed by atoms with Crippen molar-refractivity contribution in [1.29, 1.82) is 0 Å². The summed E-state index contributed by atoms with van der Waals surface area (Å²) in [6.07, 6.45) is 0.809. The van der Waals surface area contributed by atoms with Crippen LogP contribution in [0.3, 0.4) is 0 Å². The maximum Gasteiger partial charge on any atom is 0.335 e. The van der Waals surface area contributed by atoms with Crippen LogP contribution < -0.4 is 5.32 Å². The van der Waals surface area contributed by atoms with Crippen molar-refractivity contribution in [3.63, 3.8) is 0 Å². The molecule has 0 bridgehead atoms. The Bertz CT molecular complexity index is 540. The topological polar surface area (TPSA) is 49.3 Å². The van der Waals surface area contributed by atoms with Gasteiger partial charge in [0.25, 0.3) is 0 Å². The Kier molecular flexibility index (Phi) is 3.94. The third kappa shape index (κ3) is 3.07. The Balaban J connectivity index is 1.95. The molecule has 0 atom stereocenters. The molecule has 0 saturated heterocycles. The number of aromatic carboxylic acids is 1. The van der Waals surface area contributed by atoms with Gasteiger partial charge >= 0.3 is 5.97 Å². The van der Waals surface area contributed by atoms with Gasteiger partial charge in [0, 0.05) is 6.54 Å². The molecule has 2 N–H and O–H groups in total. The summed E-state index contributed by atoms with van der Waals surface area (Å²) in [5.74, 6) is -1.67. The molecule has 18 heavy (non-hydrogen) atoms. The van der Waals surface area contributed by atoms with Crippen molar-refractivity contribution in [2.75, 3.05) is 11.9 Å². The number of hydrogen-bond donors (Lipinski definition) is 2. The van der Waals surface area contributed by atoms with E-state index in [1.807, 2.05) is 16.8 Å². The summed E-state index contributed by atoms with van der Waals surface area (Å²) in [5, 5.41) is 15.7. The molecule has 5 heteroatoms. The zero-order chi connectivity index (χ0) is 13.0. The van der Waals surface area contributed by atoms with Crippen LogP contribution in [0.1, 0.15) is 15.9 Å². The summed E-state index contributed by atoms with van der Waals surface area (Å²) in [6, 6.07) is 5.89. The van der Waals surface area contributed by atoms with Crippen molar-refractivity contribution in [1.82, 2.24) is 0 Å². The van der Waals surface area contributed by atoms with Crippen molar-refractivity contribution in [2.45, 2.75) is 6.42 Å². The average molecular weight is 265 g/mol. The van der Waals surface area contributed by atoms with Crippen LogP contribution in [0.15, 0.2) is 35.0 Å². The van der Waals surface area contributed by atoms with Gasteiger partial charge in [0.1, 0.15) is 5.82 Å². The van der Waals surface area contributed by atoms with Crippen LogP contribution in [0, 0.1) is 5.82 Å². The fourth-order valence-electron chi connectivity index (χ4n) is 1.57. The molecule has 0 aliphatic carbocycles. The predicted molar refractivity (Wildman–Crippen MR) is 69.9 cm³/mol. The quantitative estimate of drug-likeness (QED) is 0.872. The first-order valence-electron chi connectivity index (χ1n) is 5.44. The standard InChI is InChI=1S/C13H12FNO2S/c14-11-7-10(13(16)17)1-2-12(11)15-5-3-9-4-6-18-8-9/h1-2,4,6-8,15H,3,5H2,(H,16,17). The largest absolute Gasteiger partial charge is 0.478 e. The van der Waals surface area contributed by atoms with Gasteiger partial charge in [0.15, 0.2) is 0 Å². The lowest BCUT2D eigenvalue weighted by molar-refractivity contribution is 0.0696. The number of halogens is 1. The lowest BCUT2D eigenvalue weighted by Gasteiger charge is -2.07. The van der Waals surface area contributed by atoms with Gasteiger partial charge in [-0.25, -0.2) is 9.18 Å². The minimum Gasteiger partial charge on any atom is -0.478 e. The number of hydrogen-bond acceptors (Lipinski definition) is 3. The van der Waals surface area contributed by atoms with Gasteiger partial charge in [0.2, 0.25) is 0 Å². The minimum atomic E-state index is -1.13. The molecular weight excluding hydrogens is 253 g/mol. The molecule has 1 aromatic heterocycles. The second-order valence-electron chi connectivity index (χ2n) is 3.81. The van der Waals surface area contributed by atoms with Crippen LogP contribution in [0.2, 0.25) is 0 Å². The molecule has 1 aromatic carbocycles. The zero-order valence-corrected chi connectivity index (χ0v) is 10.3. The van der Waals surface area contributed by atoms with Crippen LogP contribution in [-0.2, 0) is 6.42 Å². The van der Waals surface area contributed by atoms with Crippen LogP contribution in [-0.4, -0.2) is 17.6 Å². The summed E-state index contributed by atoms with van der Waals surface area (Å²) in [4.78, 5) is 10.6. The summed E-state index contributed by atoms with van der Waals surface area (Å²) >= 11 is 1.63. The van der Waals surface area contributed by atoms with E-state index in [9.17, 15) is 9.18 Å². The fraction of sp³-hybridized carbons (Fsp3) is 0.154. The Morgan fingerprint density at radius 2 is 2.22 bits per heavy atom. The molecule has 3 nitrogen and oxygen atoms in total. The molecule has 0 amide bonds. The molecule has 94 valence electrons. The third-order valence-corrected chi connectivity index (χ3v) is 3.26. The van der Waals surface area contributed by atoms with Crippen LogP contribution in [0.4, 0.5) is 10.1 Å². The molecule has 0 spiro atoms. The van der Waals surface area contributed by atoms with E-state index in [1.165, 1.54) is 17.7 Å². The van der Waals surface area contributed by atoms with Crippen LogP contribution in [0.25, 0.3) is 0 Å². The van der Waals surface area contributed by atoms with E-state index < -0.39 is 11.8 Å².